The van der Waals surface area contributed by atoms with E-state index >= 15 is 0 Å². The lowest BCUT2D eigenvalue weighted by atomic mass is 9.95. The van der Waals surface area contributed by atoms with Crippen LogP contribution in [-0.4, -0.2) is 20.7 Å². The van der Waals surface area contributed by atoms with Gasteiger partial charge in [-0.25, -0.2) is 14.6 Å². The van der Waals surface area contributed by atoms with Gasteiger partial charge in [-0.3, -0.25) is 0 Å². The molecule has 2 aromatic rings. The molecule has 5 nitrogen and oxygen atoms in total. The lowest BCUT2D eigenvalue weighted by molar-refractivity contribution is 0.669. The number of nitrogens with two attached hydrogens (primary N) is 1. The first-order valence-corrected chi connectivity index (χ1v) is 8.06. The average Bonchev–Trinajstić information content (AvgIpc) is 2.77. The number of aromatic nitrogens is 3. The number of imidazole rings is 1. The highest BCUT2D eigenvalue weighted by molar-refractivity contribution is 5.90. The molecule has 1 aliphatic carbocycles. The summed E-state index contributed by atoms with van der Waals surface area (Å²) in [6.07, 6.45) is 6.49. The Morgan fingerprint density at radius 2 is 2.00 bits per heavy atom. The van der Waals surface area contributed by atoms with E-state index in [0.29, 0.717) is 6.04 Å². The number of pyridine rings is 1. The molecule has 5 heteroatoms. The summed E-state index contributed by atoms with van der Waals surface area (Å²) in [5.74, 6) is 8.20. The van der Waals surface area contributed by atoms with Gasteiger partial charge in [-0.2, -0.15) is 0 Å². The highest BCUT2D eigenvalue weighted by atomic mass is 15.3. The molecule has 0 bridgehead atoms. The number of fused-ring (bicyclic) bond motifs is 3. The fraction of sp³-hybridized carbons (Fsp3) is 0.625. The molecule has 2 aromatic heterocycles. The fourth-order valence-electron chi connectivity index (χ4n) is 3.16. The van der Waals surface area contributed by atoms with Crippen molar-refractivity contribution >= 4 is 16.9 Å². The lowest BCUT2D eigenvalue weighted by Crippen LogP contribution is -2.17. The molecule has 2 heterocycles. The van der Waals surface area contributed by atoms with Gasteiger partial charge in [0.25, 0.3) is 0 Å². The third kappa shape index (κ3) is 2.45. The van der Waals surface area contributed by atoms with Crippen LogP contribution in [0.15, 0.2) is 0 Å². The Kier molecular flexibility index (Phi) is 3.74. The normalized spacial score (nSPS) is 14.7. The SMILES string of the molecule is CCCc1nc2c(NC(C)C)nc3c(c2n1N)CCCC3. The van der Waals surface area contributed by atoms with Crippen LogP contribution in [0.3, 0.4) is 0 Å². The molecule has 0 radical (unpaired) electrons. The minimum absolute atomic E-state index is 0.333. The smallest absolute Gasteiger partial charge is 0.154 e. The molecular weight excluding hydrogens is 262 g/mol. The monoisotopic (exact) mass is 287 g/mol. The van der Waals surface area contributed by atoms with Gasteiger partial charge in [0.2, 0.25) is 0 Å². The predicted molar refractivity (Wildman–Crippen MR) is 87.1 cm³/mol. The second-order valence-corrected chi connectivity index (χ2v) is 6.24. The van der Waals surface area contributed by atoms with Crippen LogP contribution in [0.5, 0.6) is 0 Å². The molecule has 0 aromatic carbocycles. The minimum atomic E-state index is 0.333. The Hall–Kier alpha value is -1.78. The summed E-state index contributed by atoms with van der Waals surface area (Å²) >= 11 is 0. The van der Waals surface area contributed by atoms with Crippen molar-refractivity contribution in [1.82, 2.24) is 14.6 Å². The summed E-state index contributed by atoms with van der Waals surface area (Å²) < 4.78 is 1.80. The van der Waals surface area contributed by atoms with Crippen molar-refractivity contribution in [2.45, 2.75) is 65.3 Å². The van der Waals surface area contributed by atoms with E-state index in [9.17, 15) is 0 Å². The molecule has 3 N–H and O–H groups in total. The quantitative estimate of drug-likeness (QED) is 0.848. The predicted octanol–water partition coefficient (Wildman–Crippen LogP) is 2.80. The number of hydrogen-bond donors (Lipinski definition) is 2. The van der Waals surface area contributed by atoms with Gasteiger partial charge >= 0.3 is 0 Å². The molecule has 0 fully saturated rings. The lowest BCUT2D eigenvalue weighted by Gasteiger charge is -2.19. The fourth-order valence-corrected chi connectivity index (χ4v) is 3.16. The van der Waals surface area contributed by atoms with Crippen LogP contribution >= 0.6 is 0 Å². The summed E-state index contributed by atoms with van der Waals surface area (Å²) in [5, 5.41) is 3.44. The first-order valence-electron chi connectivity index (χ1n) is 8.06. The highest BCUT2D eigenvalue weighted by Gasteiger charge is 2.22. The number of rotatable bonds is 4. The second kappa shape index (κ2) is 5.54. The van der Waals surface area contributed by atoms with Crippen LogP contribution in [0, 0.1) is 0 Å². The van der Waals surface area contributed by atoms with Crippen molar-refractivity contribution in [1.29, 1.82) is 0 Å². The molecule has 0 amide bonds. The van der Waals surface area contributed by atoms with Crippen LogP contribution in [-0.2, 0) is 19.3 Å². The van der Waals surface area contributed by atoms with E-state index in [1.807, 2.05) is 0 Å². The first kappa shape index (κ1) is 14.2. The zero-order chi connectivity index (χ0) is 15.0. The van der Waals surface area contributed by atoms with E-state index in [4.69, 9.17) is 15.8 Å². The van der Waals surface area contributed by atoms with E-state index < -0.39 is 0 Å². The van der Waals surface area contributed by atoms with Crippen molar-refractivity contribution < 1.29 is 0 Å². The largest absolute Gasteiger partial charge is 0.366 e. The van der Waals surface area contributed by atoms with E-state index in [1.165, 1.54) is 24.1 Å². The van der Waals surface area contributed by atoms with Crippen molar-refractivity contribution in [3.05, 3.63) is 17.1 Å². The number of anilines is 1. The van der Waals surface area contributed by atoms with Crippen molar-refractivity contribution in [2.24, 2.45) is 0 Å². The van der Waals surface area contributed by atoms with Gasteiger partial charge in [0, 0.05) is 23.7 Å². The van der Waals surface area contributed by atoms with E-state index in [0.717, 1.165) is 48.4 Å². The van der Waals surface area contributed by atoms with Gasteiger partial charge < -0.3 is 11.2 Å². The van der Waals surface area contributed by atoms with Crippen LogP contribution in [0.2, 0.25) is 0 Å². The topological polar surface area (TPSA) is 68.8 Å². The Balaban J connectivity index is 2.24. The molecular formula is C16H25N5. The number of nitrogens with one attached hydrogen (secondary N) is 1. The van der Waals surface area contributed by atoms with Crippen LogP contribution in [0.4, 0.5) is 5.82 Å². The molecule has 0 saturated carbocycles. The van der Waals surface area contributed by atoms with Gasteiger partial charge in [-0.15, -0.1) is 0 Å². The van der Waals surface area contributed by atoms with Gasteiger partial charge in [0.05, 0.1) is 5.52 Å². The zero-order valence-corrected chi connectivity index (χ0v) is 13.2. The van der Waals surface area contributed by atoms with E-state index in [-0.39, 0.29) is 0 Å². The number of aryl methyl sites for hydroxylation is 3. The molecule has 0 saturated heterocycles. The standard InChI is InChI=1S/C16H25N5/c1-4-7-13-20-14-15(21(13)17)11-8-5-6-9-12(11)19-16(14)18-10(2)3/h10H,4-9,17H2,1-3H3,(H,18,19). The van der Waals surface area contributed by atoms with Crippen LogP contribution in [0.25, 0.3) is 11.0 Å². The van der Waals surface area contributed by atoms with E-state index in [2.05, 4.69) is 26.1 Å². The van der Waals surface area contributed by atoms with Crippen molar-refractivity contribution in [2.75, 3.05) is 11.2 Å². The van der Waals surface area contributed by atoms with Gasteiger partial charge in [0.1, 0.15) is 11.3 Å². The van der Waals surface area contributed by atoms with Crippen molar-refractivity contribution in [3.8, 4) is 0 Å². The van der Waals surface area contributed by atoms with E-state index in [1.54, 1.807) is 4.68 Å². The number of hydrogen-bond acceptors (Lipinski definition) is 4. The van der Waals surface area contributed by atoms with Crippen LogP contribution < -0.4 is 11.2 Å². The Bertz CT molecular complexity index is 656. The average molecular weight is 287 g/mol. The summed E-state index contributed by atoms with van der Waals surface area (Å²) in [6.45, 7) is 6.40. The Morgan fingerprint density at radius 3 is 2.71 bits per heavy atom. The third-order valence-corrected chi connectivity index (χ3v) is 4.08. The number of nitrogen functional groups attached to an aromatic ring is 1. The maximum Gasteiger partial charge on any atom is 0.154 e. The Labute approximate surface area is 125 Å². The summed E-state index contributed by atoms with van der Waals surface area (Å²) in [4.78, 5) is 9.63. The molecule has 114 valence electrons. The molecule has 0 aliphatic heterocycles. The maximum absolute atomic E-state index is 6.35. The van der Waals surface area contributed by atoms with Crippen molar-refractivity contribution in [3.63, 3.8) is 0 Å². The molecule has 21 heavy (non-hydrogen) atoms. The minimum Gasteiger partial charge on any atom is -0.366 e. The van der Waals surface area contributed by atoms with Gasteiger partial charge in [0.15, 0.2) is 5.82 Å². The Morgan fingerprint density at radius 1 is 1.24 bits per heavy atom. The third-order valence-electron chi connectivity index (χ3n) is 4.08. The molecule has 0 atom stereocenters. The summed E-state index contributed by atoms with van der Waals surface area (Å²) in [6, 6.07) is 0.333. The summed E-state index contributed by atoms with van der Waals surface area (Å²) in [5.41, 5.74) is 4.54. The molecule has 0 spiro atoms. The highest BCUT2D eigenvalue weighted by Crippen LogP contribution is 2.32. The molecule has 1 aliphatic rings. The maximum atomic E-state index is 6.35. The first-order chi connectivity index (χ1) is 10.1. The van der Waals surface area contributed by atoms with Gasteiger partial charge in [-0.05, 0) is 46.0 Å². The zero-order valence-electron chi connectivity index (χ0n) is 13.2. The molecule has 0 unspecified atom stereocenters. The van der Waals surface area contributed by atoms with Gasteiger partial charge in [-0.1, -0.05) is 6.92 Å². The molecule has 3 rings (SSSR count). The van der Waals surface area contributed by atoms with Crippen LogP contribution in [0.1, 0.15) is 57.1 Å². The number of nitrogens with zero attached hydrogens (tertiary/aromatic N) is 3. The summed E-state index contributed by atoms with van der Waals surface area (Å²) in [7, 11) is 0. The second-order valence-electron chi connectivity index (χ2n) is 6.24.